The number of aromatic nitrogens is 2. The quantitative estimate of drug-likeness (QED) is 0.571. The lowest BCUT2D eigenvalue weighted by Gasteiger charge is -2.37. The lowest BCUT2D eigenvalue weighted by atomic mass is 10.1. The van der Waals surface area contributed by atoms with Crippen LogP contribution in [0.5, 0.6) is 17.2 Å². The van der Waals surface area contributed by atoms with Gasteiger partial charge < -0.3 is 29.7 Å². The van der Waals surface area contributed by atoms with Crippen molar-refractivity contribution < 1.29 is 19.0 Å². The molecule has 0 atom stereocenters. The molecule has 1 amide bonds. The van der Waals surface area contributed by atoms with Crippen LogP contribution in [0.2, 0.25) is 0 Å². The van der Waals surface area contributed by atoms with Crippen molar-refractivity contribution in [3.63, 3.8) is 0 Å². The van der Waals surface area contributed by atoms with E-state index in [0.29, 0.717) is 28.7 Å². The highest BCUT2D eigenvalue weighted by atomic mass is 16.5. The molecule has 2 fully saturated rings. The number of fused-ring (bicyclic) bond motifs is 1. The van der Waals surface area contributed by atoms with Gasteiger partial charge in [0.2, 0.25) is 5.91 Å². The summed E-state index contributed by atoms with van der Waals surface area (Å²) < 4.78 is 16.6. The Morgan fingerprint density at radius 3 is 2.15 bits per heavy atom. The standard InChI is InChI=1S/C25H29N5O4/c1-32-20-12-16(23(26)31)6-7-19(20)29-8-10-30(11-9-29)25-17-13-21(33-2)22(34-3)14-18(17)27-24(28-25)15-4-5-15/h6-7,12-15H,4-5,8-11H2,1-3H3,(H2,26,31). The molecule has 3 aromatic rings. The summed E-state index contributed by atoms with van der Waals surface area (Å²) in [4.78, 5) is 26.0. The number of primary amides is 1. The summed E-state index contributed by atoms with van der Waals surface area (Å²) in [7, 11) is 4.88. The SMILES string of the molecule is COc1cc2nc(C3CC3)nc(N3CCN(c4ccc(C(N)=O)cc4OC)CC3)c2cc1OC. The van der Waals surface area contributed by atoms with Gasteiger partial charge in [-0.1, -0.05) is 0 Å². The fourth-order valence-electron chi connectivity index (χ4n) is 4.47. The van der Waals surface area contributed by atoms with Crippen LogP contribution >= 0.6 is 0 Å². The number of ether oxygens (including phenoxy) is 3. The van der Waals surface area contributed by atoms with Gasteiger partial charge in [-0.15, -0.1) is 0 Å². The first kappa shape index (κ1) is 22.1. The Hall–Kier alpha value is -3.75. The van der Waals surface area contributed by atoms with Gasteiger partial charge in [0.1, 0.15) is 17.4 Å². The molecule has 2 aromatic carbocycles. The molecule has 0 bridgehead atoms. The van der Waals surface area contributed by atoms with E-state index in [9.17, 15) is 4.79 Å². The van der Waals surface area contributed by atoms with Crippen molar-refractivity contribution in [1.29, 1.82) is 0 Å². The molecule has 1 saturated heterocycles. The lowest BCUT2D eigenvalue weighted by molar-refractivity contribution is 0.1000. The number of benzene rings is 2. The largest absolute Gasteiger partial charge is 0.495 e. The number of hydrogen-bond donors (Lipinski definition) is 1. The Morgan fingerprint density at radius 1 is 0.882 bits per heavy atom. The fourth-order valence-corrected chi connectivity index (χ4v) is 4.47. The molecule has 1 aromatic heterocycles. The van der Waals surface area contributed by atoms with Crippen LogP contribution in [0.4, 0.5) is 11.5 Å². The second-order valence-corrected chi connectivity index (χ2v) is 8.63. The fraction of sp³-hybridized carbons (Fsp3) is 0.400. The Balaban J connectivity index is 1.45. The summed E-state index contributed by atoms with van der Waals surface area (Å²) in [5.74, 6) is 3.78. The predicted molar refractivity (Wildman–Crippen MR) is 131 cm³/mol. The van der Waals surface area contributed by atoms with E-state index in [-0.39, 0.29) is 0 Å². The molecule has 9 heteroatoms. The third-order valence-electron chi connectivity index (χ3n) is 6.52. The van der Waals surface area contributed by atoms with Crippen molar-refractivity contribution in [3.05, 3.63) is 41.7 Å². The first-order chi connectivity index (χ1) is 16.5. The van der Waals surface area contributed by atoms with Crippen LogP contribution in [-0.4, -0.2) is 63.4 Å². The Kier molecular flexibility index (Phi) is 5.77. The zero-order valence-electron chi connectivity index (χ0n) is 19.7. The van der Waals surface area contributed by atoms with Crippen LogP contribution < -0.4 is 29.7 Å². The second kappa shape index (κ2) is 8.89. The first-order valence-corrected chi connectivity index (χ1v) is 11.4. The van der Waals surface area contributed by atoms with Crippen LogP contribution in [0, 0.1) is 0 Å². The van der Waals surface area contributed by atoms with Crippen molar-refractivity contribution in [1.82, 2.24) is 9.97 Å². The Morgan fingerprint density at radius 2 is 1.53 bits per heavy atom. The van der Waals surface area contributed by atoms with E-state index in [1.54, 1.807) is 33.5 Å². The maximum atomic E-state index is 11.5. The van der Waals surface area contributed by atoms with Crippen molar-refractivity contribution in [2.24, 2.45) is 5.73 Å². The number of piperazine rings is 1. The van der Waals surface area contributed by atoms with Gasteiger partial charge >= 0.3 is 0 Å². The molecule has 2 N–H and O–H groups in total. The summed E-state index contributed by atoms with van der Waals surface area (Å²) in [6, 6.07) is 9.25. The molecule has 0 spiro atoms. The summed E-state index contributed by atoms with van der Waals surface area (Å²) in [6.45, 7) is 3.13. The molecule has 178 valence electrons. The van der Waals surface area contributed by atoms with Crippen LogP contribution in [0.3, 0.4) is 0 Å². The van der Waals surface area contributed by atoms with Crippen LogP contribution in [0.1, 0.15) is 34.9 Å². The minimum absolute atomic E-state index is 0.434. The van der Waals surface area contributed by atoms with Gasteiger partial charge in [-0.05, 0) is 37.1 Å². The molecule has 2 aliphatic rings. The molecule has 1 saturated carbocycles. The highest BCUT2D eigenvalue weighted by Gasteiger charge is 2.30. The molecular formula is C25H29N5O4. The molecule has 1 aliphatic heterocycles. The molecule has 5 rings (SSSR count). The number of hydrogen-bond acceptors (Lipinski definition) is 8. The molecule has 34 heavy (non-hydrogen) atoms. The molecule has 2 heterocycles. The number of methoxy groups -OCH3 is 3. The number of rotatable bonds is 7. The smallest absolute Gasteiger partial charge is 0.248 e. The van der Waals surface area contributed by atoms with Crippen molar-refractivity contribution in [2.45, 2.75) is 18.8 Å². The van der Waals surface area contributed by atoms with E-state index in [4.69, 9.17) is 29.9 Å². The van der Waals surface area contributed by atoms with Gasteiger partial charge in [0, 0.05) is 49.1 Å². The van der Waals surface area contributed by atoms with E-state index < -0.39 is 5.91 Å². The number of carbonyl (C=O) groups is 1. The third kappa shape index (κ3) is 4.02. The maximum absolute atomic E-state index is 11.5. The van der Waals surface area contributed by atoms with Gasteiger partial charge in [-0.2, -0.15) is 0 Å². The molecule has 0 radical (unpaired) electrons. The molecular weight excluding hydrogens is 434 g/mol. The van der Waals surface area contributed by atoms with E-state index in [0.717, 1.165) is 67.3 Å². The van der Waals surface area contributed by atoms with Crippen molar-refractivity contribution >= 4 is 28.3 Å². The Labute approximate surface area is 198 Å². The normalized spacial score (nSPS) is 16.0. The summed E-state index contributed by atoms with van der Waals surface area (Å²) in [6.07, 6.45) is 2.26. The monoisotopic (exact) mass is 463 g/mol. The summed E-state index contributed by atoms with van der Waals surface area (Å²) in [5, 5.41) is 0.957. The average molecular weight is 464 g/mol. The number of carbonyl (C=O) groups excluding carboxylic acids is 1. The average Bonchev–Trinajstić information content (AvgIpc) is 3.72. The number of anilines is 2. The third-order valence-corrected chi connectivity index (χ3v) is 6.52. The zero-order valence-corrected chi connectivity index (χ0v) is 19.7. The lowest BCUT2D eigenvalue weighted by Crippen LogP contribution is -2.47. The summed E-state index contributed by atoms with van der Waals surface area (Å²) in [5.41, 5.74) is 7.68. The molecule has 1 aliphatic carbocycles. The van der Waals surface area contributed by atoms with E-state index in [1.807, 2.05) is 18.2 Å². The van der Waals surface area contributed by atoms with E-state index >= 15 is 0 Å². The maximum Gasteiger partial charge on any atom is 0.248 e. The highest BCUT2D eigenvalue weighted by Crippen LogP contribution is 2.42. The van der Waals surface area contributed by atoms with Gasteiger partial charge in [-0.25, -0.2) is 9.97 Å². The number of nitrogens with zero attached hydrogens (tertiary/aromatic N) is 4. The van der Waals surface area contributed by atoms with Crippen molar-refractivity contribution in [3.8, 4) is 17.2 Å². The minimum Gasteiger partial charge on any atom is -0.495 e. The van der Waals surface area contributed by atoms with Gasteiger partial charge in [0.25, 0.3) is 0 Å². The van der Waals surface area contributed by atoms with Crippen LogP contribution in [0.15, 0.2) is 30.3 Å². The van der Waals surface area contributed by atoms with Crippen molar-refractivity contribution in [2.75, 3.05) is 57.3 Å². The van der Waals surface area contributed by atoms with Gasteiger partial charge in [-0.3, -0.25) is 4.79 Å². The van der Waals surface area contributed by atoms with E-state index in [1.165, 1.54) is 0 Å². The zero-order chi connectivity index (χ0) is 23.8. The minimum atomic E-state index is -0.469. The van der Waals surface area contributed by atoms with Gasteiger partial charge in [0.15, 0.2) is 11.5 Å². The highest BCUT2D eigenvalue weighted by molar-refractivity contribution is 5.94. The summed E-state index contributed by atoms with van der Waals surface area (Å²) >= 11 is 0. The molecule has 0 unspecified atom stereocenters. The second-order valence-electron chi connectivity index (χ2n) is 8.63. The Bertz CT molecular complexity index is 1240. The van der Waals surface area contributed by atoms with E-state index in [2.05, 4.69) is 9.80 Å². The topological polar surface area (TPSA) is 103 Å². The number of nitrogens with two attached hydrogens (primary N) is 1. The van der Waals surface area contributed by atoms with Crippen LogP contribution in [0.25, 0.3) is 10.9 Å². The number of amides is 1. The molecule has 9 nitrogen and oxygen atoms in total. The first-order valence-electron chi connectivity index (χ1n) is 11.4. The van der Waals surface area contributed by atoms with Crippen LogP contribution in [-0.2, 0) is 0 Å². The predicted octanol–water partition coefficient (Wildman–Crippen LogP) is 2.96. The van der Waals surface area contributed by atoms with Gasteiger partial charge in [0.05, 0.1) is 32.5 Å².